The normalized spacial score (nSPS) is 10.4. The fraction of sp³-hybridized carbons (Fsp3) is 0.125. The molecule has 0 saturated carbocycles. The van der Waals surface area contributed by atoms with Crippen LogP contribution in [0.4, 0.5) is 0 Å². The van der Waals surface area contributed by atoms with Gasteiger partial charge in [0.25, 0.3) is 0 Å². The second-order valence-electron chi connectivity index (χ2n) is 2.39. The third-order valence-corrected chi connectivity index (χ3v) is 1.64. The lowest BCUT2D eigenvalue weighted by Crippen LogP contribution is -2.06. The van der Waals surface area contributed by atoms with Gasteiger partial charge in [-0.15, -0.1) is 0 Å². The Hall–Kier alpha value is -1.55. The van der Waals surface area contributed by atoms with Crippen LogP contribution in [0.1, 0.15) is 0 Å². The molecular weight excluding hydrogens is 154 g/mol. The Morgan fingerprint density at radius 1 is 1.50 bits per heavy atom. The molecule has 1 heterocycles. The maximum Gasteiger partial charge on any atom is 0.137 e. The van der Waals surface area contributed by atoms with Gasteiger partial charge in [0.1, 0.15) is 12.5 Å². The third-order valence-electron chi connectivity index (χ3n) is 1.64. The number of imidazole rings is 1. The number of aromatic nitrogens is 2. The van der Waals surface area contributed by atoms with Gasteiger partial charge < -0.3 is 9.72 Å². The number of nitrogens with zero attached hydrogens (tertiary/aromatic N) is 1. The van der Waals surface area contributed by atoms with Gasteiger partial charge in [-0.1, -0.05) is 0 Å². The SMILES string of the molecule is NCOc1ccc2[nH]cnc2c1. The summed E-state index contributed by atoms with van der Waals surface area (Å²) in [6.07, 6.45) is 1.65. The molecule has 0 aliphatic rings. The number of aromatic amines is 1. The molecule has 0 atom stereocenters. The molecule has 0 fully saturated rings. The zero-order chi connectivity index (χ0) is 8.39. The highest BCUT2D eigenvalue weighted by Crippen LogP contribution is 2.16. The molecule has 1 aromatic carbocycles. The van der Waals surface area contributed by atoms with Crippen LogP contribution in [0.3, 0.4) is 0 Å². The first kappa shape index (κ1) is 7.12. The van der Waals surface area contributed by atoms with Crippen LogP contribution in [0.15, 0.2) is 24.5 Å². The summed E-state index contributed by atoms with van der Waals surface area (Å²) >= 11 is 0. The van der Waals surface area contributed by atoms with Crippen LogP contribution in [0.5, 0.6) is 5.75 Å². The minimum Gasteiger partial charge on any atom is -0.479 e. The summed E-state index contributed by atoms with van der Waals surface area (Å²) in [7, 11) is 0. The van der Waals surface area contributed by atoms with Crippen LogP contribution in [-0.2, 0) is 0 Å². The van der Waals surface area contributed by atoms with E-state index in [0.717, 1.165) is 16.8 Å². The fourth-order valence-corrected chi connectivity index (χ4v) is 1.10. The van der Waals surface area contributed by atoms with Crippen molar-refractivity contribution in [3.63, 3.8) is 0 Å². The molecule has 0 spiro atoms. The Labute approximate surface area is 69.4 Å². The van der Waals surface area contributed by atoms with Crippen molar-refractivity contribution < 1.29 is 4.74 Å². The van der Waals surface area contributed by atoms with Gasteiger partial charge in [-0.3, -0.25) is 5.73 Å². The molecular formula is C8H9N3O. The zero-order valence-corrected chi connectivity index (χ0v) is 6.45. The highest BCUT2D eigenvalue weighted by Gasteiger charge is 1.97. The highest BCUT2D eigenvalue weighted by atomic mass is 16.5. The average Bonchev–Trinajstić information content (AvgIpc) is 2.51. The lowest BCUT2D eigenvalue weighted by molar-refractivity contribution is 0.330. The molecule has 0 bridgehead atoms. The van der Waals surface area contributed by atoms with E-state index in [2.05, 4.69) is 9.97 Å². The van der Waals surface area contributed by atoms with Crippen molar-refractivity contribution in [2.24, 2.45) is 5.73 Å². The summed E-state index contributed by atoms with van der Waals surface area (Å²) in [6.45, 7) is 0.190. The first-order valence-electron chi connectivity index (χ1n) is 3.66. The maximum absolute atomic E-state index is 5.23. The second-order valence-corrected chi connectivity index (χ2v) is 2.39. The van der Waals surface area contributed by atoms with Crippen LogP contribution < -0.4 is 10.5 Å². The van der Waals surface area contributed by atoms with Gasteiger partial charge in [0, 0.05) is 6.07 Å². The molecule has 0 aliphatic heterocycles. The Kier molecular flexibility index (Phi) is 1.68. The summed E-state index contributed by atoms with van der Waals surface area (Å²) in [5, 5.41) is 0. The molecule has 0 radical (unpaired) electrons. The lowest BCUT2D eigenvalue weighted by Gasteiger charge is -2.00. The summed E-state index contributed by atoms with van der Waals surface area (Å²) in [4.78, 5) is 7.08. The van der Waals surface area contributed by atoms with Gasteiger partial charge in [0.2, 0.25) is 0 Å². The van der Waals surface area contributed by atoms with Crippen LogP contribution in [0, 0.1) is 0 Å². The number of hydrogen-bond acceptors (Lipinski definition) is 3. The van der Waals surface area contributed by atoms with Crippen molar-refractivity contribution in [3.05, 3.63) is 24.5 Å². The third kappa shape index (κ3) is 1.12. The molecule has 0 amide bonds. The largest absolute Gasteiger partial charge is 0.479 e. The number of benzene rings is 1. The number of nitrogens with one attached hydrogen (secondary N) is 1. The van der Waals surface area contributed by atoms with Gasteiger partial charge in [0.15, 0.2) is 0 Å². The van der Waals surface area contributed by atoms with Crippen molar-refractivity contribution in [1.82, 2.24) is 9.97 Å². The highest BCUT2D eigenvalue weighted by molar-refractivity contribution is 5.75. The molecule has 12 heavy (non-hydrogen) atoms. The summed E-state index contributed by atoms with van der Waals surface area (Å²) in [5.74, 6) is 0.747. The van der Waals surface area contributed by atoms with E-state index in [-0.39, 0.29) is 6.73 Å². The van der Waals surface area contributed by atoms with Crippen LogP contribution in [0.2, 0.25) is 0 Å². The maximum atomic E-state index is 5.23. The van der Waals surface area contributed by atoms with Gasteiger partial charge in [-0.2, -0.15) is 0 Å². The van der Waals surface area contributed by atoms with E-state index in [9.17, 15) is 0 Å². The van der Waals surface area contributed by atoms with E-state index in [1.165, 1.54) is 0 Å². The molecule has 0 unspecified atom stereocenters. The fourth-order valence-electron chi connectivity index (χ4n) is 1.10. The number of fused-ring (bicyclic) bond motifs is 1. The van der Waals surface area contributed by atoms with Crippen molar-refractivity contribution in [1.29, 1.82) is 0 Å². The van der Waals surface area contributed by atoms with E-state index in [1.807, 2.05) is 18.2 Å². The summed E-state index contributed by atoms with van der Waals surface area (Å²) < 4.78 is 5.11. The Balaban J connectivity index is 2.46. The summed E-state index contributed by atoms with van der Waals surface area (Å²) in [6, 6.07) is 5.61. The average molecular weight is 163 g/mol. The van der Waals surface area contributed by atoms with E-state index in [0.29, 0.717) is 0 Å². The smallest absolute Gasteiger partial charge is 0.137 e. The summed E-state index contributed by atoms with van der Waals surface area (Å²) in [5.41, 5.74) is 7.12. The monoisotopic (exact) mass is 163 g/mol. The van der Waals surface area contributed by atoms with E-state index in [1.54, 1.807) is 6.33 Å². The van der Waals surface area contributed by atoms with E-state index < -0.39 is 0 Å². The predicted octanol–water partition coefficient (Wildman–Crippen LogP) is 0.858. The topological polar surface area (TPSA) is 63.9 Å². The second kappa shape index (κ2) is 2.83. The van der Waals surface area contributed by atoms with Crippen LogP contribution in [0.25, 0.3) is 11.0 Å². The number of H-pyrrole nitrogens is 1. The first-order valence-corrected chi connectivity index (χ1v) is 3.66. The van der Waals surface area contributed by atoms with Crippen molar-refractivity contribution in [2.75, 3.05) is 6.73 Å². The molecule has 4 nitrogen and oxygen atoms in total. The molecule has 1 aromatic heterocycles. The Morgan fingerprint density at radius 3 is 3.25 bits per heavy atom. The molecule has 0 aliphatic carbocycles. The van der Waals surface area contributed by atoms with Crippen LogP contribution >= 0.6 is 0 Å². The van der Waals surface area contributed by atoms with E-state index >= 15 is 0 Å². The Bertz CT molecular complexity index is 382. The number of nitrogens with two attached hydrogens (primary N) is 1. The van der Waals surface area contributed by atoms with Gasteiger partial charge >= 0.3 is 0 Å². The Morgan fingerprint density at radius 2 is 2.42 bits per heavy atom. The quantitative estimate of drug-likeness (QED) is 0.645. The van der Waals surface area contributed by atoms with E-state index in [4.69, 9.17) is 10.5 Å². The molecule has 3 N–H and O–H groups in total. The molecule has 2 rings (SSSR count). The zero-order valence-electron chi connectivity index (χ0n) is 6.45. The predicted molar refractivity (Wildman–Crippen MR) is 45.8 cm³/mol. The van der Waals surface area contributed by atoms with Crippen LogP contribution in [-0.4, -0.2) is 16.7 Å². The first-order chi connectivity index (χ1) is 5.90. The molecule has 0 saturated heterocycles. The standard InChI is InChI=1S/C8H9N3O/c9-4-12-6-1-2-7-8(3-6)11-5-10-7/h1-3,5H,4,9H2,(H,10,11). The van der Waals surface area contributed by atoms with Gasteiger partial charge in [0.05, 0.1) is 17.4 Å². The minimum atomic E-state index is 0.190. The van der Waals surface area contributed by atoms with Gasteiger partial charge in [-0.05, 0) is 12.1 Å². The molecule has 2 aromatic rings. The lowest BCUT2D eigenvalue weighted by atomic mass is 10.3. The van der Waals surface area contributed by atoms with Crippen molar-refractivity contribution in [3.8, 4) is 5.75 Å². The number of hydrogen-bond donors (Lipinski definition) is 2. The minimum absolute atomic E-state index is 0.190. The molecule has 4 heteroatoms. The van der Waals surface area contributed by atoms with Crippen molar-refractivity contribution in [2.45, 2.75) is 0 Å². The number of rotatable bonds is 2. The van der Waals surface area contributed by atoms with Gasteiger partial charge in [-0.25, -0.2) is 4.98 Å². The number of ether oxygens (including phenoxy) is 1. The van der Waals surface area contributed by atoms with Crippen molar-refractivity contribution >= 4 is 11.0 Å². The molecule has 62 valence electrons.